The molecule has 0 unspecified atom stereocenters. The highest BCUT2D eigenvalue weighted by molar-refractivity contribution is 9.10. The Morgan fingerprint density at radius 3 is 3.05 bits per heavy atom. The number of hydrogen-bond donors (Lipinski definition) is 1. The average molecular weight is 317 g/mol. The summed E-state index contributed by atoms with van der Waals surface area (Å²) in [5.41, 5.74) is 3.97. The lowest BCUT2D eigenvalue weighted by Gasteiger charge is -2.15. The minimum absolute atomic E-state index is 0.550. The SMILES string of the molecule is N#Cc1nn(Cc2ccccc2Br)c2c1CNCC2. The first-order valence-corrected chi connectivity index (χ1v) is 7.01. The number of fused-ring (bicyclic) bond motifs is 1. The Balaban J connectivity index is 2.00. The predicted octanol–water partition coefficient (Wildman–Crippen LogP) is 2.21. The molecule has 0 atom stereocenters. The Bertz CT molecular complexity index is 654. The minimum Gasteiger partial charge on any atom is -0.312 e. The highest BCUT2D eigenvalue weighted by Crippen LogP contribution is 2.22. The fraction of sp³-hybridized carbons (Fsp3) is 0.286. The van der Waals surface area contributed by atoms with E-state index in [1.54, 1.807) is 0 Å². The van der Waals surface area contributed by atoms with Crippen molar-refractivity contribution in [2.75, 3.05) is 6.54 Å². The topological polar surface area (TPSA) is 53.6 Å². The Kier molecular flexibility index (Phi) is 3.36. The Labute approximate surface area is 120 Å². The molecular weight excluding hydrogens is 304 g/mol. The van der Waals surface area contributed by atoms with Crippen molar-refractivity contribution in [1.82, 2.24) is 15.1 Å². The molecule has 0 saturated carbocycles. The summed E-state index contributed by atoms with van der Waals surface area (Å²) in [5.74, 6) is 0. The van der Waals surface area contributed by atoms with Gasteiger partial charge in [0.15, 0.2) is 5.69 Å². The first kappa shape index (κ1) is 12.4. The van der Waals surface area contributed by atoms with Gasteiger partial charge in [-0.2, -0.15) is 10.4 Å². The number of halogens is 1. The van der Waals surface area contributed by atoms with Gasteiger partial charge in [-0.1, -0.05) is 34.1 Å². The summed E-state index contributed by atoms with van der Waals surface area (Å²) in [7, 11) is 0. The van der Waals surface area contributed by atoms with Gasteiger partial charge in [-0.15, -0.1) is 0 Å². The fourth-order valence-electron chi connectivity index (χ4n) is 2.43. The molecule has 0 amide bonds. The second-order valence-corrected chi connectivity index (χ2v) is 5.42. The molecule has 0 radical (unpaired) electrons. The van der Waals surface area contributed by atoms with E-state index in [0.29, 0.717) is 12.2 Å². The molecule has 3 rings (SSSR count). The van der Waals surface area contributed by atoms with Crippen LogP contribution in [0, 0.1) is 11.3 Å². The summed E-state index contributed by atoms with van der Waals surface area (Å²) in [4.78, 5) is 0. The lowest BCUT2D eigenvalue weighted by molar-refractivity contribution is 0.582. The van der Waals surface area contributed by atoms with Gasteiger partial charge in [-0.05, 0) is 11.6 Å². The average Bonchev–Trinajstić information content (AvgIpc) is 2.80. The zero-order valence-electron chi connectivity index (χ0n) is 10.4. The van der Waals surface area contributed by atoms with Crippen molar-refractivity contribution < 1.29 is 0 Å². The van der Waals surface area contributed by atoms with Crippen molar-refractivity contribution in [3.8, 4) is 6.07 Å². The summed E-state index contributed by atoms with van der Waals surface area (Å²) < 4.78 is 3.04. The number of nitrogens with one attached hydrogen (secondary N) is 1. The summed E-state index contributed by atoms with van der Waals surface area (Å²) in [6.45, 7) is 2.39. The van der Waals surface area contributed by atoms with Crippen molar-refractivity contribution in [3.05, 3.63) is 51.3 Å². The molecule has 1 aromatic heterocycles. The molecule has 0 bridgehead atoms. The van der Waals surface area contributed by atoms with Gasteiger partial charge in [0.25, 0.3) is 0 Å². The standard InChI is InChI=1S/C14H13BrN4/c15-12-4-2-1-3-10(12)9-19-14-5-6-17-8-11(14)13(7-16)18-19/h1-4,17H,5-6,8-9H2. The quantitative estimate of drug-likeness (QED) is 0.924. The number of benzene rings is 1. The molecule has 0 fully saturated rings. The third-order valence-electron chi connectivity index (χ3n) is 3.39. The van der Waals surface area contributed by atoms with Gasteiger partial charge >= 0.3 is 0 Å². The molecule has 0 aliphatic carbocycles. The smallest absolute Gasteiger partial charge is 0.167 e. The van der Waals surface area contributed by atoms with Crippen LogP contribution < -0.4 is 5.32 Å². The van der Waals surface area contributed by atoms with Crippen LogP contribution >= 0.6 is 15.9 Å². The second-order valence-electron chi connectivity index (χ2n) is 4.56. The number of hydrogen-bond acceptors (Lipinski definition) is 3. The first-order valence-electron chi connectivity index (χ1n) is 6.22. The van der Waals surface area contributed by atoms with E-state index < -0.39 is 0 Å². The maximum absolute atomic E-state index is 9.16. The molecule has 96 valence electrons. The molecule has 1 aliphatic rings. The lowest BCUT2D eigenvalue weighted by atomic mass is 10.1. The Hall–Kier alpha value is -1.64. The van der Waals surface area contributed by atoms with E-state index in [9.17, 15) is 0 Å². The maximum Gasteiger partial charge on any atom is 0.167 e. The van der Waals surface area contributed by atoms with E-state index in [2.05, 4.69) is 38.5 Å². The molecule has 2 heterocycles. The minimum atomic E-state index is 0.550. The number of nitriles is 1. The van der Waals surface area contributed by atoms with E-state index in [4.69, 9.17) is 5.26 Å². The van der Waals surface area contributed by atoms with Gasteiger partial charge in [-0.25, -0.2) is 0 Å². The van der Waals surface area contributed by atoms with Gasteiger partial charge in [0, 0.05) is 35.2 Å². The molecule has 0 spiro atoms. The van der Waals surface area contributed by atoms with Crippen molar-refractivity contribution in [2.24, 2.45) is 0 Å². The lowest BCUT2D eigenvalue weighted by Crippen LogP contribution is -2.25. The normalized spacial score (nSPS) is 13.9. The number of nitrogens with zero attached hydrogens (tertiary/aromatic N) is 3. The molecule has 1 N–H and O–H groups in total. The van der Waals surface area contributed by atoms with Crippen molar-refractivity contribution >= 4 is 15.9 Å². The number of aromatic nitrogens is 2. The van der Waals surface area contributed by atoms with Crippen molar-refractivity contribution in [3.63, 3.8) is 0 Å². The van der Waals surface area contributed by atoms with Gasteiger partial charge in [-0.3, -0.25) is 4.68 Å². The molecule has 4 nitrogen and oxygen atoms in total. The first-order chi connectivity index (χ1) is 9.29. The molecule has 1 aromatic carbocycles. The van der Waals surface area contributed by atoms with Crippen LogP contribution in [-0.2, 0) is 19.5 Å². The zero-order valence-corrected chi connectivity index (χ0v) is 11.9. The van der Waals surface area contributed by atoms with Crippen LogP contribution in [0.25, 0.3) is 0 Å². The third kappa shape index (κ3) is 2.29. The van der Waals surface area contributed by atoms with E-state index in [1.165, 1.54) is 11.3 Å². The largest absolute Gasteiger partial charge is 0.312 e. The van der Waals surface area contributed by atoms with Crippen LogP contribution in [0.2, 0.25) is 0 Å². The van der Waals surface area contributed by atoms with Crippen LogP contribution in [-0.4, -0.2) is 16.3 Å². The van der Waals surface area contributed by atoms with E-state index in [1.807, 2.05) is 22.9 Å². The second kappa shape index (κ2) is 5.16. The van der Waals surface area contributed by atoms with Crippen LogP contribution in [0.15, 0.2) is 28.7 Å². The van der Waals surface area contributed by atoms with Crippen LogP contribution in [0.4, 0.5) is 0 Å². The fourth-order valence-corrected chi connectivity index (χ4v) is 2.84. The van der Waals surface area contributed by atoms with Gasteiger partial charge in [0.05, 0.1) is 6.54 Å². The van der Waals surface area contributed by atoms with Crippen LogP contribution in [0.1, 0.15) is 22.5 Å². The summed E-state index contributed by atoms with van der Waals surface area (Å²) in [5, 5.41) is 16.9. The highest BCUT2D eigenvalue weighted by Gasteiger charge is 2.20. The molecule has 5 heteroatoms. The maximum atomic E-state index is 9.16. The van der Waals surface area contributed by atoms with Crippen LogP contribution in [0.3, 0.4) is 0 Å². The summed E-state index contributed by atoms with van der Waals surface area (Å²) in [6.07, 6.45) is 0.925. The van der Waals surface area contributed by atoms with Gasteiger partial charge < -0.3 is 5.32 Å². The highest BCUT2D eigenvalue weighted by atomic mass is 79.9. The molecule has 1 aliphatic heterocycles. The third-order valence-corrected chi connectivity index (χ3v) is 4.16. The summed E-state index contributed by atoms with van der Waals surface area (Å²) >= 11 is 3.56. The Morgan fingerprint density at radius 1 is 1.42 bits per heavy atom. The monoisotopic (exact) mass is 316 g/mol. The van der Waals surface area contributed by atoms with Gasteiger partial charge in [0.2, 0.25) is 0 Å². The zero-order chi connectivity index (χ0) is 13.2. The summed E-state index contributed by atoms with van der Waals surface area (Å²) in [6, 6.07) is 10.3. The van der Waals surface area contributed by atoms with Crippen LogP contribution in [0.5, 0.6) is 0 Å². The van der Waals surface area contributed by atoms with E-state index in [0.717, 1.165) is 29.5 Å². The molecular formula is C14H13BrN4. The Morgan fingerprint density at radius 2 is 2.26 bits per heavy atom. The van der Waals surface area contributed by atoms with Gasteiger partial charge in [0.1, 0.15) is 6.07 Å². The molecule has 0 saturated heterocycles. The van der Waals surface area contributed by atoms with E-state index >= 15 is 0 Å². The van der Waals surface area contributed by atoms with Crippen molar-refractivity contribution in [1.29, 1.82) is 5.26 Å². The number of rotatable bonds is 2. The molecule has 19 heavy (non-hydrogen) atoms. The predicted molar refractivity (Wildman–Crippen MR) is 75.6 cm³/mol. The van der Waals surface area contributed by atoms with Crippen molar-refractivity contribution in [2.45, 2.75) is 19.5 Å². The van der Waals surface area contributed by atoms with E-state index in [-0.39, 0.29) is 0 Å². The molecule has 2 aromatic rings.